The van der Waals surface area contributed by atoms with E-state index in [2.05, 4.69) is 37.2 Å². The highest BCUT2D eigenvalue weighted by atomic mass is 16.1. The van der Waals surface area contributed by atoms with Crippen molar-refractivity contribution in [2.45, 2.75) is 44.4 Å². The highest BCUT2D eigenvalue weighted by molar-refractivity contribution is 5.94. The molecule has 2 heterocycles. The smallest absolute Gasteiger partial charge is 0.251 e. The van der Waals surface area contributed by atoms with Crippen molar-refractivity contribution in [3.63, 3.8) is 0 Å². The first-order chi connectivity index (χ1) is 14.8. The van der Waals surface area contributed by atoms with Crippen LogP contribution in [0.25, 0.3) is 0 Å². The van der Waals surface area contributed by atoms with Gasteiger partial charge < -0.3 is 10.2 Å². The van der Waals surface area contributed by atoms with Gasteiger partial charge in [0.25, 0.3) is 5.91 Å². The molecule has 1 saturated heterocycles. The van der Waals surface area contributed by atoms with E-state index in [9.17, 15) is 4.79 Å². The molecule has 160 valence electrons. The van der Waals surface area contributed by atoms with Crippen LogP contribution in [0.2, 0.25) is 0 Å². The van der Waals surface area contributed by atoms with Crippen molar-refractivity contribution in [1.29, 1.82) is 0 Å². The maximum absolute atomic E-state index is 12.4. The summed E-state index contributed by atoms with van der Waals surface area (Å²) in [6, 6.07) is 10.1. The van der Waals surface area contributed by atoms with Gasteiger partial charge in [-0.3, -0.25) is 9.69 Å². The molecule has 0 spiro atoms. The molecule has 1 aromatic carbocycles. The van der Waals surface area contributed by atoms with E-state index in [1.807, 2.05) is 18.2 Å². The summed E-state index contributed by atoms with van der Waals surface area (Å²) in [5, 5.41) is 3.08. The summed E-state index contributed by atoms with van der Waals surface area (Å²) >= 11 is 0. The molecule has 30 heavy (non-hydrogen) atoms. The minimum Gasteiger partial charge on any atom is -0.352 e. The normalized spacial score (nSPS) is 18.3. The maximum atomic E-state index is 12.4. The third kappa shape index (κ3) is 5.57. The average molecular weight is 408 g/mol. The van der Waals surface area contributed by atoms with E-state index >= 15 is 0 Å². The summed E-state index contributed by atoms with van der Waals surface area (Å²) in [5.41, 5.74) is 2.16. The zero-order chi connectivity index (χ0) is 20.6. The van der Waals surface area contributed by atoms with Crippen LogP contribution in [0.5, 0.6) is 0 Å². The molecule has 6 nitrogen and oxygen atoms in total. The van der Waals surface area contributed by atoms with E-state index in [-0.39, 0.29) is 5.91 Å². The minimum atomic E-state index is 0.0382. The number of aromatic nitrogens is 2. The summed E-state index contributed by atoms with van der Waals surface area (Å²) in [6.45, 7) is 5.63. The molecule has 4 rings (SSSR count). The van der Waals surface area contributed by atoms with Gasteiger partial charge in [0.1, 0.15) is 0 Å². The highest BCUT2D eigenvalue weighted by Gasteiger charge is 2.18. The van der Waals surface area contributed by atoms with E-state index in [1.54, 1.807) is 12.4 Å². The van der Waals surface area contributed by atoms with Crippen LogP contribution in [0.1, 0.15) is 60.4 Å². The van der Waals surface area contributed by atoms with Gasteiger partial charge in [-0.2, -0.15) is 0 Å². The van der Waals surface area contributed by atoms with Gasteiger partial charge in [0.2, 0.25) is 5.95 Å². The first-order valence-electron chi connectivity index (χ1n) is 11.4. The van der Waals surface area contributed by atoms with E-state index in [4.69, 9.17) is 0 Å². The Bertz CT molecular complexity index is 781. The number of rotatable bonds is 7. The van der Waals surface area contributed by atoms with Gasteiger partial charge in [0.05, 0.1) is 0 Å². The summed E-state index contributed by atoms with van der Waals surface area (Å²) in [4.78, 5) is 25.8. The number of carbonyl (C=O) groups excluding carboxylic acids is 1. The van der Waals surface area contributed by atoms with Crippen LogP contribution in [-0.2, 0) is 0 Å². The van der Waals surface area contributed by atoms with E-state index < -0.39 is 0 Å². The molecule has 0 atom stereocenters. The Morgan fingerprint density at radius 3 is 2.37 bits per heavy atom. The summed E-state index contributed by atoms with van der Waals surface area (Å²) in [5.74, 6) is 1.54. The molecule has 2 fully saturated rings. The van der Waals surface area contributed by atoms with Crippen LogP contribution in [-0.4, -0.2) is 60.0 Å². The lowest BCUT2D eigenvalue weighted by molar-refractivity contribution is 0.0951. The molecular weight excluding hydrogens is 374 g/mol. The lowest BCUT2D eigenvalue weighted by atomic mass is 9.84. The summed E-state index contributed by atoms with van der Waals surface area (Å²) in [7, 11) is 0. The second-order valence-electron chi connectivity index (χ2n) is 8.44. The van der Waals surface area contributed by atoms with Crippen molar-refractivity contribution < 1.29 is 4.79 Å². The standard InChI is InChI=1S/C24H33N5O/c30-23(22-10-8-21(9-11-22)20-6-2-1-3-7-20)25-14-5-15-28-16-18-29(19-17-28)24-26-12-4-13-27-24/h4,8-13,20H,1-3,5-7,14-19H2,(H,25,30). The number of anilines is 1. The molecule has 0 radical (unpaired) electrons. The largest absolute Gasteiger partial charge is 0.352 e. The second-order valence-corrected chi connectivity index (χ2v) is 8.44. The fourth-order valence-corrected chi connectivity index (χ4v) is 4.58. The van der Waals surface area contributed by atoms with E-state index in [0.717, 1.165) is 50.7 Å². The Balaban J connectivity index is 1.14. The van der Waals surface area contributed by atoms with Crippen molar-refractivity contribution >= 4 is 11.9 Å². The molecular formula is C24H33N5O. The zero-order valence-corrected chi connectivity index (χ0v) is 17.8. The predicted octanol–water partition coefficient (Wildman–Crippen LogP) is 3.47. The minimum absolute atomic E-state index is 0.0382. The molecule has 2 aliphatic rings. The van der Waals surface area contributed by atoms with Crippen molar-refractivity contribution in [3.8, 4) is 0 Å². The molecule has 1 aromatic heterocycles. The molecule has 0 bridgehead atoms. The van der Waals surface area contributed by atoms with Gasteiger partial charge in [0.15, 0.2) is 0 Å². The zero-order valence-electron chi connectivity index (χ0n) is 17.8. The van der Waals surface area contributed by atoms with Gasteiger partial charge in [-0.05, 0) is 55.5 Å². The van der Waals surface area contributed by atoms with Crippen LogP contribution in [0.3, 0.4) is 0 Å². The number of hydrogen-bond acceptors (Lipinski definition) is 5. The van der Waals surface area contributed by atoms with Crippen molar-refractivity contribution in [1.82, 2.24) is 20.2 Å². The maximum Gasteiger partial charge on any atom is 0.251 e. The molecule has 0 unspecified atom stereocenters. The molecule has 1 saturated carbocycles. The monoisotopic (exact) mass is 407 g/mol. The van der Waals surface area contributed by atoms with Crippen LogP contribution < -0.4 is 10.2 Å². The van der Waals surface area contributed by atoms with Crippen LogP contribution in [0.15, 0.2) is 42.7 Å². The molecule has 1 N–H and O–H groups in total. The molecule has 1 amide bonds. The Kier molecular flexibility index (Phi) is 7.29. The predicted molar refractivity (Wildman–Crippen MR) is 120 cm³/mol. The number of carbonyl (C=O) groups is 1. The third-order valence-corrected chi connectivity index (χ3v) is 6.39. The molecule has 1 aliphatic heterocycles. The van der Waals surface area contributed by atoms with Gasteiger partial charge >= 0.3 is 0 Å². The number of nitrogens with one attached hydrogen (secondary N) is 1. The van der Waals surface area contributed by atoms with E-state index in [0.29, 0.717) is 12.5 Å². The number of amides is 1. The summed E-state index contributed by atoms with van der Waals surface area (Å²) < 4.78 is 0. The molecule has 2 aromatic rings. The number of benzene rings is 1. The van der Waals surface area contributed by atoms with Gasteiger partial charge in [-0.25, -0.2) is 9.97 Å². The number of hydrogen-bond donors (Lipinski definition) is 1. The topological polar surface area (TPSA) is 61.4 Å². The molecule has 6 heteroatoms. The van der Waals surface area contributed by atoms with Crippen molar-refractivity contribution in [3.05, 3.63) is 53.9 Å². The Morgan fingerprint density at radius 1 is 0.967 bits per heavy atom. The average Bonchev–Trinajstić information content (AvgIpc) is 2.83. The first kappa shape index (κ1) is 20.8. The van der Waals surface area contributed by atoms with Crippen LogP contribution in [0, 0.1) is 0 Å². The Hall–Kier alpha value is -2.47. The Morgan fingerprint density at radius 2 is 1.67 bits per heavy atom. The molecule has 1 aliphatic carbocycles. The summed E-state index contributed by atoms with van der Waals surface area (Å²) in [6.07, 6.45) is 11.2. The van der Waals surface area contributed by atoms with Crippen molar-refractivity contribution in [2.75, 3.05) is 44.2 Å². The second kappa shape index (κ2) is 10.5. The van der Waals surface area contributed by atoms with Crippen molar-refractivity contribution in [2.24, 2.45) is 0 Å². The number of nitrogens with zero attached hydrogens (tertiary/aromatic N) is 4. The first-order valence-corrected chi connectivity index (χ1v) is 11.4. The number of piperazine rings is 1. The van der Waals surface area contributed by atoms with Gasteiger partial charge in [0, 0.05) is 50.7 Å². The van der Waals surface area contributed by atoms with Gasteiger partial charge in [-0.15, -0.1) is 0 Å². The highest BCUT2D eigenvalue weighted by Crippen LogP contribution is 2.32. The van der Waals surface area contributed by atoms with Crippen LogP contribution >= 0.6 is 0 Å². The SMILES string of the molecule is O=C(NCCCN1CCN(c2ncccn2)CC1)c1ccc(C2CCCCC2)cc1. The van der Waals surface area contributed by atoms with Gasteiger partial charge in [-0.1, -0.05) is 31.4 Å². The quantitative estimate of drug-likeness (QED) is 0.712. The fourth-order valence-electron chi connectivity index (χ4n) is 4.58. The third-order valence-electron chi connectivity index (χ3n) is 6.39. The lowest BCUT2D eigenvalue weighted by Gasteiger charge is -2.34. The van der Waals surface area contributed by atoms with Crippen LogP contribution in [0.4, 0.5) is 5.95 Å². The Labute approximate surface area is 179 Å². The van der Waals surface area contributed by atoms with E-state index in [1.165, 1.54) is 37.7 Å². The fraction of sp³-hybridized carbons (Fsp3) is 0.542. The lowest BCUT2D eigenvalue weighted by Crippen LogP contribution is -2.47.